The quantitative estimate of drug-likeness (QED) is 0.259. The first-order chi connectivity index (χ1) is 22.0. The maximum atomic E-state index is 14.2. The van der Waals surface area contributed by atoms with Gasteiger partial charge in [-0.1, -0.05) is 24.3 Å². The zero-order chi connectivity index (χ0) is 32.8. The Balaban J connectivity index is 1.14. The molecule has 0 unspecified atom stereocenters. The number of likely N-dealkylation sites (tertiary alicyclic amines) is 1. The number of ether oxygens (including phenoxy) is 1. The molecule has 5 rings (SSSR count). The van der Waals surface area contributed by atoms with Gasteiger partial charge in [0.2, 0.25) is 5.88 Å². The molecule has 2 amide bonds. The number of benzene rings is 3. The molecular formula is C35H37FN4O5S. The molecule has 0 atom stereocenters. The number of piperidine rings is 1. The number of carbonyl (C=O) groups is 2. The summed E-state index contributed by atoms with van der Waals surface area (Å²) >= 11 is 0. The molecule has 3 aromatic carbocycles. The first-order valence-electron chi connectivity index (χ1n) is 15.0. The summed E-state index contributed by atoms with van der Waals surface area (Å²) in [5.74, 6) is -0.955. The predicted molar refractivity (Wildman–Crippen MR) is 176 cm³/mol. The SMILES string of the molecule is CN(C)c1ccc(CCNC(=O)c2cc(F)ccc2C(=O)N2CCC(Oc3ccc(-c4ccc(S(C)(=O)=O)cc4)cn3)CC2)cc1. The first kappa shape index (κ1) is 32.6. The van der Waals surface area contributed by atoms with E-state index in [9.17, 15) is 22.4 Å². The molecule has 11 heteroatoms. The summed E-state index contributed by atoms with van der Waals surface area (Å²) in [5, 5.41) is 2.83. The number of anilines is 1. The number of rotatable bonds is 10. The Morgan fingerprint density at radius 2 is 1.61 bits per heavy atom. The van der Waals surface area contributed by atoms with Crippen LogP contribution in [0.4, 0.5) is 10.1 Å². The third-order valence-electron chi connectivity index (χ3n) is 7.98. The lowest BCUT2D eigenvalue weighted by Crippen LogP contribution is -2.42. The standard InChI is InChI=1S/C35H37FN4O5S/c1-39(2)28-10-4-24(5-11-28)16-19-37-34(41)32-22-27(36)9-14-31(32)35(42)40-20-17-29(18-21-40)45-33-15-8-26(23-38-33)25-6-12-30(13-7-25)46(3,43)44/h4-15,22-23,29H,16-21H2,1-3H3,(H,37,41). The van der Waals surface area contributed by atoms with Crippen LogP contribution in [0, 0.1) is 5.82 Å². The van der Waals surface area contributed by atoms with E-state index < -0.39 is 21.6 Å². The molecule has 0 radical (unpaired) electrons. The van der Waals surface area contributed by atoms with Gasteiger partial charge in [-0.25, -0.2) is 17.8 Å². The Labute approximate surface area is 268 Å². The van der Waals surface area contributed by atoms with Gasteiger partial charge in [0.25, 0.3) is 11.8 Å². The molecule has 0 aliphatic carbocycles. The molecule has 0 bridgehead atoms. The van der Waals surface area contributed by atoms with Crippen LogP contribution in [0.2, 0.25) is 0 Å². The van der Waals surface area contributed by atoms with Gasteiger partial charge in [0, 0.05) is 76.3 Å². The van der Waals surface area contributed by atoms with E-state index in [2.05, 4.69) is 10.3 Å². The summed E-state index contributed by atoms with van der Waals surface area (Å²) in [6.45, 7) is 1.17. The molecule has 4 aromatic rings. The number of hydrogen-bond acceptors (Lipinski definition) is 7. The molecule has 2 heterocycles. The molecule has 46 heavy (non-hydrogen) atoms. The summed E-state index contributed by atoms with van der Waals surface area (Å²) in [5.41, 5.74) is 3.97. The van der Waals surface area contributed by atoms with Crippen LogP contribution in [-0.4, -0.2) is 76.2 Å². The molecule has 1 aliphatic rings. The van der Waals surface area contributed by atoms with Gasteiger partial charge in [0.1, 0.15) is 11.9 Å². The van der Waals surface area contributed by atoms with E-state index in [-0.39, 0.29) is 28.0 Å². The Hall–Kier alpha value is -4.77. The van der Waals surface area contributed by atoms with Crippen molar-refractivity contribution in [2.24, 2.45) is 0 Å². The highest BCUT2D eigenvalue weighted by molar-refractivity contribution is 7.90. The van der Waals surface area contributed by atoms with Gasteiger partial charge in [0.05, 0.1) is 16.0 Å². The molecular weight excluding hydrogens is 607 g/mol. The highest BCUT2D eigenvalue weighted by atomic mass is 32.2. The van der Waals surface area contributed by atoms with Crippen molar-refractivity contribution in [3.8, 4) is 17.0 Å². The Morgan fingerprint density at radius 3 is 2.22 bits per heavy atom. The van der Waals surface area contributed by atoms with Crippen molar-refractivity contribution in [3.63, 3.8) is 0 Å². The maximum Gasteiger partial charge on any atom is 0.254 e. The van der Waals surface area contributed by atoms with E-state index in [0.29, 0.717) is 44.8 Å². The average Bonchev–Trinajstić information content (AvgIpc) is 3.05. The normalized spacial score (nSPS) is 13.7. The topological polar surface area (TPSA) is 109 Å². The van der Waals surface area contributed by atoms with E-state index in [1.54, 1.807) is 41.4 Å². The summed E-state index contributed by atoms with van der Waals surface area (Å²) < 4.78 is 43.7. The highest BCUT2D eigenvalue weighted by Crippen LogP contribution is 2.25. The van der Waals surface area contributed by atoms with Crippen LogP contribution in [0.25, 0.3) is 11.1 Å². The van der Waals surface area contributed by atoms with Crippen LogP contribution in [-0.2, 0) is 16.3 Å². The van der Waals surface area contributed by atoms with E-state index >= 15 is 0 Å². The summed E-state index contributed by atoms with van der Waals surface area (Å²) in [4.78, 5) is 34.9. The molecule has 240 valence electrons. The average molecular weight is 645 g/mol. The van der Waals surface area contributed by atoms with Gasteiger partial charge in [0.15, 0.2) is 9.84 Å². The monoisotopic (exact) mass is 644 g/mol. The van der Waals surface area contributed by atoms with Crippen LogP contribution < -0.4 is 15.0 Å². The number of halogens is 1. The second-order valence-electron chi connectivity index (χ2n) is 11.5. The second-order valence-corrected chi connectivity index (χ2v) is 13.6. The zero-order valence-corrected chi connectivity index (χ0v) is 26.9. The predicted octanol–water partition coefficient (Wildman–Crippen LogP) is 5.01. The molecule has 1 saturated heterocycles. The number of pyridine rings is 1. The number of amides is 2. The number of sulfone groups is 1. The fourth-order valence-corrected chi connectivity index (χ4v) is 5.93. The van der Waals surface area contributed by atoms with Gasteiger partial charge >= 0.3 is 0 Å². The number of hydrogen-bond donors (Lipinski definition) is 1. The van der Waals surface area contributed by atoms with E-state index in [0.717, 1.165) is 28.4 Å². The molecule has 9 nitrogen and oxygen atoms in total. The Kier molecular flexibility index (Phi) is 10.0. The molecule has 1 fully saturated rings. The minimum Gasteiger partial charge on any atom is -0.474 e. The smallest absolute Gasteiger partial charge is 0.254 e. The molecule has 1 aliphatic heterocycles. The molecule has 0 saturated carbocycles. The number of nitrogens with zero attached hydrogens (tertiary/aromatic N) is 3. The van der Waals surface area contributed by atoms with Gasteiger partial charge in [-0.3, -0.25) is 9.59 Å². The van der Waals surface area contributed by atoms with Crippen LogP contribution in [0.3, 0.4) is 0 Å². The maximum absolute atomic E-state index is 14.2. The minimum atomic E-state index is -3.27. The fourth-order valence-electron chi connectivity index (χ4n) is 5.30. The molecule has 1 aromatic heterocycles. The van der Waals surface area contributed by atoms with Crippen LogP contribution in [0.5, 0.6) is 5.88 Å². The fraction of sp³-hybridized carbons (Fsp3) is 0.286. The largest absolute Gasteiger partial charge is 0.474 e. The Bertz CT molecular complexity index is 1790. The third-order valence-corrected chi connectivity index (χ3v) is 9.11. The van der Waals surface area contributed by atoms with Crippen LogP contribution in [0.15, 0.2) is 90.0 Å². The van der Waals surface area contributed by atoms with Crippen molar-refractivity contribution in [1.82, 2.24) is 15.2 Å². The second kappa shape index (κ2) is 14.1. The Morgan fingerprint density at radius 1 is 0.935 bits per heavy atom. The molecule has 0 spiro atoms. The van der Waals surface area contributed by atoms with E-state index in [1.165, 1.54) is 18.4 Å². The lowest BCUT2D eigenvalue weighted by Gasteiger charge is -2.32. The summed E-state index contributed by atoms with van der Waals surface area (Å²) in [6.07, 6.45) is 4.42. The van der Waals surface area contributed by atoms with E-state index in [1.807, 2.05) is 49.3 Å². The lowest BCUT2D eigenvalue weighted by molar-refractivity contribution is 0.0584. The lowest BCUT2D eigenvalue weighted by atomic mass is 10.0. The van der Waals surface area contributed by atoms with Crippen molar-refractivity contribution < 1.29 is 27.1 Å². The number of carbonyl (C=O) groups excluding carboxylic acids is 2. The number of nitrogens with one attached hydrogen (secondary N) is 1. The summed E-state index contributed by atoms with van der Waals surface area (Å²) in [7, 11) is 0.669. The van der Waals surface area contributed by atoms with E-state index in [4.69, 9.17) is 4.74 Å². The van der Waals surface area contributed by atoms with Crippen LogP contribution in [0.1, 0.15) is 39.1 Å². The molecule has 1 N–H and O–H groups in total. The van der Waals surface area contributed by atoms with Gasteiger partial charge in [-0.15, -0.1) is 0 Å². The number of aromatic nitrogens is 1. The van der Waals surface area contributed by atoms with Crippen molar-refractivity contribution in [2.45, 2.75) is 30.3 Å². The minimum absolute atomic E-state index is 0.0153. The van der Waals surface area contributed by atoms with Crippen molar-refractivity contribution >= 4 is 27.3 Å². The van der Waals surface area contributed by atoms with Gasteiger partial charge in [-0.05, 0) is 66.1 Å². The van der Waals surface area contributed by atoms with Gasteiger partial charge < -0.3 is 19.9 Å². The van der Waals surface area contributed by atoms with Crippen molar-refractivity contribution in [2.75, 3.05) is 44.9 Å². The van der Waals surface area contributed by atoms with Crippen molar-refractivity contribution in [3.05, 3.63) is 108 Å². The summed E-state index contributed by atoms with van der Waals surface area (Å²) in [6, 6.07) is 21.9. The van der Waals surface area contributed by atoms with Crippen molar-refractivity contribution in [1.29, 1.82) is 0 Å². The van der Waals surface area contributed by atoms with Gasteiger partial charge in [-0.2, -0.15) is 0 Å². The first-order valence-corrected chi connectivity index (χ1v) is 16.9. The third kappa shape index (κ3) is 8.08. The highest BCUT2D eigenvalue weighted by Gasteiger charge is 2.28. The van der Waals surface area contributed by atoms with Crippen LogP contribution >= 0.6 is 0 Å². The zero-order valence-electron chi connectivity index (χ0n) is 26.1.